The number of halogens is 3. The van der Waals surface area contributed by atoms with E-state index >= 15 is 0 Å². The Bertz CT molecular complexity index is 560. The Kier molecular flexibility index (Phi) is 3.73. The normalized spacial score (nSPS) is 10.3. The van der Waals surface area contributed by atoms with Crippen LogP contribution in [0.2, 0.25) is 5.02 Å². The number of rotatable bonds is 2. The smallest absolute Gasteiger partial charge is 0.144 e. The molecule has 17 heavy (non-hydrogen) atoms. The Balaban J connectivity index is 2.33. The first-order valence-electron chi connectivity index (χ1n) is 4.83. The van der Waals surface area contributed by atoms with Gasteiger partial charge in [0.1, 0.15) is 5.82 Å². The van der Waals surface area contributed by atoms with Gasteiger partial charge < -0.3 is 11.1 Å². The van der Waals surface area contributed by atoms with Gasteiger partial charge in [-0.3, -0.25) is 0 Å². The highest BCUT2D eigenvalue weighted by atomic mass is 127. The van der Waals surface area contributed by atoms with Gasteiger partial charge in [-0.1, -0.05) is 17.7 Å². The average Bonchev–Trinajstić information content (AvgIpc) is 2.26. The summed E-state index contributed by atoms with van der Waals surface area (Å²) in [6, 6.07) is 10.4. The molecule has 0 radical (unpaired) electrons. The molecule has 88 valence electrons. The van der Waals surface area contributed by atoms with E-state index in [1.165, 1.54) is 12.1 Å². The summed E-state index contributed by atoms with van der Waals surface area (Å²) in [5.41, 5.74) is 7.53. The van der Waals surface area contributed by atoms with Crippen LogP contribution in [-0.4, -0.2) is 0 Å². The first kappa shape index (κ1) is 12.4. The topological polar surface area (TPSA) is 38.0 Å². The highest BCUT2D eigenvalue weighted by Gasteiger charge is 2.06. The molecule has 0 fully saturated rings. The summed E-state index contributed by atoms with van der Waals surface area (Å²) in [5, 5.41) is 3.08. The molecule has 0 amide bonds. The molecule has 0 spiro atoms. The maximum absolute atomic E-state index is 13.3. The molecular formula is C12H9ClFIN2. The van der Waals surface area contributed by atoms with Crippen molar-refractivity contribution >= 4 is 51.3 Å². The lowest BCUT2D eigenvalue weighted by Crippen LogP contribution is -1.97. The minimum absolute atomic E-state index is 0.0238. The molecule has 0 atom stereocenters. The van der Waals surface area contributed by atoms with Gasteiger partial charge in [-0.2, -0.15) is 0 Å². The molecule has 2 rings (SSSR count). The lowest BCUT2D eigenvalue weighted by atomic mass is 10.2. The second-order valence-electron chi connectivity index (χ2n) is 3.49. The molecule has 0 bridgehead atoms. The minimum Gasteiger partial charge on any atom is -0.397 e. The zero-order valence-electron chi connectivity index (χ0n) is 8.68. The summed E-state index contributed by atoms with van der Waals surface area (Å²) >= 11 is 7.83. The zero-order chi connectivity index (χ0) is 12.4. The number of hydrogen-bond donors (Lipinski definition) is 2. The molecule has 0 aliphatic carbocycles. The predicted molar refractivity (Wildman–Crippen MR) is 78.3 cm³/mol. The Morgan fingerprint density at radius 3 is 2.71 bits per heavy atom. The van der Waals surface area contributed by atoms with E-state index in [2.05, 4.69) is 27.9 Å². The lowest BCUT2D eigenvalue weighted by Gasteiger charge is -2.10. The van der Waals surface area contributed by atoms with Crippen LogP contribution in [0.4, 0.5) is 21.5 Å². The van der Waals surface area contributed by atoms with E-state index in [-0.39, 0.29) is 5.02 Å². The van der Waals surface area contributed by atoms with Gasteiger partial charge in [0, 0.05) is 15.3 Å². The molecule has 3 N–H and O–H groups in total. The summed E-state index contributed by atoms with van der Waals surface area (Å²) in [4.78, 5) is 0. The van der Waals surface area contributed by atoms with E-state index in [1.807, 2.05) is 24.3 Å². The molecule has 5 heteroatoms. The van der Waals surface area contributed by atoms with Gasteiger partial charge in [-0.05, 0) is 46.9 Å². The molecule has 0 saturated carbocycles. The van der Waals surface area contributed by atoms with Crippen LogP contribution in [0.25, 0.3) is 0 Å². The largest absolute Gasteiger partial charge is 0.397 e. The van der Waals surface area contributed by atoms with Crippen molar-refractivity contribution in [1.82, 2.24) is 0 Å². The number of nitrogen functional groups attached to an aromatic ring is 1. The highest BCUT2D eigenvalue weighted by Crippen LogP contribution is 2.29. The van der Waals surface area contributed by atoms with Crippen molar-refractivity contribution in [3.63, 3.8) is 0 Å². The molecule has 0 unspecified atom stereocenters. The Hall–Kier alpha value is -1.01. The third-order valence-electron chi connectivity index (χ3n) is 2.20. The summed E-state index contributed by atoms with van der Waals surface area (Å²) in [6.07, 6.45) is 0. The van der Waals surface area contributed by atoms with E-state index in [0.717, 1.165) is 9.26 Å². The summed E-state index contributed by atoms with van der Waals surface area (Å²) in [7, 11) is 0. The Morgan fingerprint density at radius 1 is 1.24 bits per heavy atom. The third-order valence-corrected chi connectivity index (χ3v) is 3.16. The van der Waals surface area contributed by atoms with Crippen LogP contribution in [0.1, 0.15) is 0 Å². The first-order chi connectivity index (χ1) is 8.06. The number of hydrogen-bond acceptors (Lipinski definition) is 2. The maximum atomic E-state index is 13.3. The monoisotopic (exact) mass is 362 g/mol. The zero-order valence-corrected chi connectivity index (χ0v) is 11.6. The summed E-state index contributed by atoms with van der Waals surface area (Å²) in [6.45, 7) is 0. The number of anilines is 3. The lowest BCUT2D eigenvalue weighted by molar-refractivity contribution is 0.629. The van der Waals surface area contributed by atoms with E-state index in [9.17, 15) is 4.39 Å². The van der Waals surface area contributed by atoms with Gasteiger partial charge in [0.2, 0.25) is 0 Å². The molecule has 0 heterocycles. The van der Waals surface area contributed by atoms with Gasteiger partial charge in [0.15, 0.2) is 0 Å². The second-order valence-corrected chi connectivity index (χ2v) is 5.14. The molecule has 2 aromatic rings. The van der Waals surface area contributed by atoms with Crippen LogP contribution in [0.5, 0.6) is 0 Å². The molecule has 0 aliphatic rings. The fourth-order valence-corrected chi connectivity index (χ4v) is 2.11. The molecule has 0 aliphatic heterocycles. The van der Waals surface area contributed by atoms with Crippen LogP contribution in [-0.2, 0) is 0 Å². The SMILES string of the molecule is Nc1cc(Cl)c(F)cc1Nc1cccc(I)c1. The van der Waals surface area contributed by atoms with E-state index in [1.54, 1.807) is 0 Å². The number of nitrogens with two attached hydrogens (primary N) is 1. The van der Waals surface area contributed by atoms with E-state index in [0.29, 0.717) is 11.4 Å². The van der Waals surface area contributed by atoms with Crippen LogP contribution in [0, 0.1) is 9.39 Å². The van der Waals surface area contributed by atoms with Crippen molar-refractivity contribution in [3.8, 4) is 0 Å². The van der Waals surface area contributed by atoms with Gasteiger partial charge in [0.25, 0.3) is 0 Å². The molecule has 0 saturated heterocycles. The Labute approximate surface area is 117 Å². The minimum atomic E-state index is -0.492. The average molecular weight is 363 g/mol. The van der Waals surface area contributed by atoms with Crippen molar-refractivity contribution in [2.75, 3.05) is 11.1 Å². The van der Waals surface area contributed by atoms with Gasteiger partial charge >= 0.3 is 0 Å². The molecule has 2 nitrogen and oxygen atoms in total. The van der Waals surface area contributed by atoms with E-state index in [4.69, 9.17) is 17.3 Å². The fourth-order valence-electron chi connectivity index (χ4n) is 1.39. The van der Waals surface area contributed by atoms with Crippen molar-refractivity contribution in [2.45, 2.75) is 0 Å². The highest BCUT2D eigenvalue weighted by molar-refractivity contribution is 14.1. The quantitative estimate of drug-likeness (QED) is 0.613. The first-order valence-corrected chi connectivity index (χ1v) is 6.29. The maximum Gasteiger partial charge on any atom is 0.144 e. The van der Waals surface area contributed by atoms with Gasteiger partial charge in [0.05, 0.1) is 16.4 Å². The molecule has 0 aromatic heterocycles. The Morgan fingerprint density at radius 2 is 2.00 bits per heavy atom. The fraction of sp³-hybridized carbons (Fsp3) is 0. The second kappa shape index (κ2) is 5.10. The van der Waals surface area contributed by atoms with Crippen molar-refractivity contribution in [3.05, 3.63) is 50.8 Å². The third kappa shape index (κ3) is 3.01. The van der Waals surface area contributed by atoms with Crippen LogP contribution < -0.4 is 11.1 Å². The standard InChI is InChI=1S/C12H9ClFIN2/c13-9-5-11(16)12(6-10(9)14)17-8-3-1-2-7(15)4-8/h1-6,17H,16H2. The molecular weight excluding hydrogens is 354 g/mol. The van der Waals surface area contributed by atoms with Crippen LogP contribution >= 0.6 is 34.2 Å². The van der Waals surface area contributed by atoms with Crippen LogP contribution in [0.3, 0.4) is 0 Å². The summed E-state index contributed by atoms with van der Waals surface area (Å²) in [5.74, 6) is -0.492. The summed E-state index contributed by atoms with van der Waals surface area (Å²) < 4.78 is 14.4. The van der Waals surface area contributed by atoms with Crippen LogP contribution in [0.15, 0.2) is 36.4 Å². The number of benzene rings is 2. The van der Waals surface area contributed by atoms with Crippen molar-refractivity contribution < 1.29 is 4.39 Å². The van der Waals surface area contributed by atoms with Crippen molar-refractivity contribution in [2.24, 2.45) is 0 Å². The number of nitrogens with one attached hydrogen (secondary N) is 1. The predicted octanol–water partition coefficient (Wildman–Crippen LogP) is 4.41. The van der Waals surface area contributed by atoms with Gasteiger partial charge in [-0.15, -0.1) is 0 Å². The van der Waals surface area contributed by atoms with Gasteiger partial charge in [-0.25, -0.2) is 4.39 Å². The van der Waals surface area contributed by atoms with E-state index < -0.39 is 5.82 Å². The molecule has 2 aromatic carbocycles. The van der Waals surface area contributed by atoms with Crippen molar-refractivity contribution in [1.29, 1.82) is 0 Å².